The Balaban J connectivity index is 0.00000144. The summed E-state index contributed by atoms with van der Waals surface area (Å²) in [5.74, 6) is 0. The SMILES string of the molecule is N#CSc1cccc2ccc3cc4ccccc4cc3c12.P. The predicted octanol–water partition coefficient (Wildman–Crippen LogP) is 5.78. The van der Waals surface area contributed by atoms with Crippen LogP contribution in [-0.2, 0) is 0 Å². The predicted molar refractivity (Wildman–Crippen MR) is 102 cm³/mol. The summed E-state index contributed by atoms with van der Waals surface area (Å²) >= 11 is 1.23. The highest BCUT2D eigenvalue weighted by Crippen LogP contribution is 2.35. The van der Waals surface area contributed by atoms with Gasteiger partial charge in [0.1, 0.15) is 5.40 Å². The minimum Gasteiger partial charge on any atom is -0.185 e. The first-order valence-corrected chi connectivity index (χ1v) is 7.59. The number of nitriles is 1. The third kappa shape index (κ3) is 2.33. The molecule has 0 N–H and O–H groups in total. The van der Waals surface area contributed by atoms with E-state index in [1.54, 1.807) is 0 Å². The van der Waals surface area contributed by atoms with Crippen molar-refractivity contribution in [1.82, 2.24) is 0 Å². The number of nitrogens with zero attached hydrogens (tertiary/aromatic N) is 1. The number of hydrogen-bond acceptors (Lipinski definition) is 2. The average Bonchev–Trinajstić information content (AvgIpc) is 2.53. The molecule has 0 aliphatic carbocycles. The molecule has 106 valence electrons. The Labute approximate surface area is 136 Å². The summed E-state index contributed by atoms with van der Waals surface area (Å²) in [4.78, 5) is 1.02. The second kappa shape index (κ2) is 5.97. The highest BCUT2D eigenvalue weighted by molar-refractivity contribution is 8.04. The molecular formula is C19H14NPS. The zero-order valence-electron chi connectivity index (χ0n) is 11.9. The minimum atomic E-state index is 0. The molecule has 0 saturated heterocycles. The lowest BCUT2D eigenvalue weighted by Gasteiger charge is -2.09. The molecule has 1 nitrogen and oxygen atoms in total. The van der Waals surface area contributed by atoms with Gasteiger partial charge in [0.05, 0.1) is 0 Å². The van der Waals surface area contributed by atoms with Crippen LogP contribution in [0.15, 0.2) is 71.6 Å². The minimum absolute atomic E-state index is 0. The van der Waals surface area contributed by atoms with E-state index in [9.17, 15) is 0 Å². The van der Waals surface area contributed by atoms with Crippen LogP contribution in [0.1, 0.15) is 0 Å². The van der Waals surface area contributed by atoms with E-state index in [1.807, 2.05) is 12.1 Å². The van der Waals surface area contributed by atoms with Gasteiger partial charge >= 0.3 is 0 Å². The number of benzene rings is 4. The molecule has 1 unspecified atom stereocenters. The standard InChI is InChI=1S/C19H11NS.H3P/c20-12-21-18-7-3-6-13-8-9-16-10-14-4-1-2-5-15(14)11-17(16)19(13)18;/h1-11H;1H3. The van der Waals surface area contributed by atoms with Gasteiger partial charge in [0.25, 0.3) is 0 Å². The third-order valence-electron chi connectivity index (χ3n) is 3.84. The van der Waals surface area contributed by atoms with Gasteiger partial charge in [0.2, 0.25) is 0 Å². The van der Waals surface area contributed by atoms with Crippen LogP contribution in [0.25, 0.3) is 32.3 Å². The molecule has 3 heteroatoms. The topological polar surface area (TPSA) is 23.8 Å². The maximum Gasteiger partial charge on any atom is 0.138 e. The third-order valence-corrected chi connectivity index (χ3v) is 4.50. The summed E-state index contributed by atoms with van der Waals surface area (Å²) in [5, 5.41) is 18.5. The Morgan fingerprint density at radius 3 is 2.18 bits per heavy atom. The van der Waals surface area contributed by atoms with Crippen LogP contribution in [-0.4, -0.2) is 0 Å². The van der Waals surface area contributed by atoms with Crippen molar-refractivity contribution < 1.29 is 0 Å². The summed E-state index contributed by atoms with van der Waals surface area (Å²) in [6, 6.07) is 23.3. The molecule has 0 saturated carbocycles. The Morgan fingerprint density at radius 1 is 0.727 bits per heavy atom. The van der Waals surface area contributed by atoms with Crippen LogP contribution in [0.3, 0.4) is 0 Å². The van der Waals surface area contributed by atoms with E-state index in [0.29, 0.717) is 0 Å². The highest BCUT2D eigenvalue weighted by Gasteiger charge is 2.07. The van der Waals surface area contributed by atoms with Crippen LogP contribution >= 0.6 is 21.7 Å². The van der Waals surface area contributed by atoms with Crippen LogP contribution in [0, 0.1) is 10.7 Å². The fourth-order valence-electron chi connectivity index (χ4n) is 2.90. The second-order valence-corrected chi connectivity index (χ2v) is 5.86. The van der Waals surface area contributed by atoms with E-state index in [4.69, 9.17) is 5.26 Å². The molecule has 0 spiro atoms. The van der Waals surface area contributed by atoms with Gasteiger partial charge in [-0.3, -0.25) is 0 Å². The van der Waals surface area contributed by atoms with Crippen molar-refractivity contribution in [3.63, 3.8) is 0 Å². The zero-order chi connectivity index (χ0) is 14.2. The van der Waals surface area contributed by atoms with Crippen molar-refractivity contribution in [2.75, 3.05) is 0 Å². The summed E-state index contributed by atoms with van der Waals surface area (Å²) in [6.45, 7) is 0. The Kier molecular flexibility index (Phi) is 4.03. The largest absolute Gasteiger partial charge is 0.185 e. The molecule has 0 aliphatic heterocycles. The molecular weight excluding hydrogens is 305 g/mol. The fraction of sp³-hybridized carbons (Fsp3) is 0. The molecule has 0 radical (unpaired) electrons. The van der Waals surface area contributed by atoms with Crippen molar-refractivity contribution in [3.05, 3.63) is 66.7 Å². The van der Waals surface area contributed by atoms with Gasteiger partial charge in [-0.1, -0.05) is 48.5 Å². The van der Waals surface area contributed by atoms with Crippen molar-refractivity contribution in [2.45, 2.75) is 4.90 Å². The zero-order valence-corrected chi connectivity index (χ0v) is 14.1. The van der Waals surface area contributed by atoms with Crippen LogP contribution in [0.4, 0.5) is 0 Å². The maximum absolute atomic E-state index is 9.04. The Hall–Kier alpha value is -2.07. The van der Waals surface area contributed by atoms with Gasteiger partial charge < -0.3 is 0 Å². The van der Waals surface area contributed by atoms with E-state index < -0.39 is 0 Å². The van der Waals surface area contributed by atoms with Crippen molar-refractivity contribution in [2.24, 2.45) is 0 Å². The van der Waals surface area contributed by atoms with Crippen LogP contribution < -0.4 is 0 Å². The lowest BCUT2D eigenvalue weighted by molar-refractivity contribution is 1.55. The van der Waals surface area contributed by atoms with E-state index in [2.05, 4.69) is 60.0 Å². The molecule has 0 aromatic heterocycles. The molecule has 0 amide bonds. The van der Waals surface area contributed by atoms with Gasteiger partial charge in [-0.2, -0.15) is 15.2 Å². The Morgan fingerprint density at radius 2 is 1.41 bits per heavy atom. The smallest absolute Gasteiger partial charge is 0.138 e. The van der Waals surface area contributed by atoms with Crippen molar-refractivity contribution >= 4 is 54.0 Å². The van der Waals surface area contributed by atoms with E-state index in [-0.39, 0.29) is 9.90 Å². The number of fused-ring (bicyclic) bond motifs is 4. The van der Waals surface area contributed by atoms with Gasteiger partial charge in [-0.05, 0) is 56.9 Å². The van der Waals surface area contributed by atoms with Gasteiger partial charge in [0.15, 0.2) is 0 Å². The summed E-state index contributed by atoms with van der Waals surface area (Å²) < 4.78 is 0. The number of thioether (sulfide) groups is 1. The summed E-state index contributed by atoms with van der Waals surface area (Å²) in [7, 11) is 0. The first-order chi connectivity index (χ1) is 10.4. The fourth-order valence-corrected chi connectivity index (χ4v) is 3.48. The second-order valence-electron chi connectivity index (χ2n) is 5.03. The first-order valence-electron chi connectivity index (χ1n) is 6.77. The number of hydrogen-bond donors (Lipinski definition) is 0. The molecule has 4 aromatic carbocycles. The van der Waals surface area contributed by atoms with Gasteiger partial charge in [-0.15, -0.1) is 0 Å². The Bertz CT molecular complexity index is 1030. The molecule has 0 aliphatic rings. The summed E-state index contributed by atoms with van der Waals surface area (Å²) in [6.07, 6.45) is 0. The molecule has 1 atom stereocenters. The molecule has 0 fully saturated rings. The monoisotopic (exact) mass is 319 g/mol. The molecule has 22 heavy (non-hydrogen) atoms. The lowest BCUT2D eigenvalue weighted by atomic mass is 9.98. The summed E-state index contributed by atoms with van der Waals surface area (Å²) in [5.41, 5.74) is 0. The lowest BCUT2D eigenvalue weighted by Crippen LogP contribution is -1.82. The van der Waals surface area contributed by atoms with E-state index >= 15 is 0 Å². The molecule has 4 aromatic rings. The van der Waals surface area contributed by atoms with Crippen molar-refractivity contribution in [1.29, 1.82) is 5.26 Å². The normalized spacial score (nSPS) is 10.5. The van der Waals surface area contributed by atoms with Crippen LogP contribution in [0.2, 0.25) is 0 Å². The molecule has 0 heterocycles. The van der Waals surface area contributed by atoms with Gasteiger partial charge in [0, 0.05) is 10.3 Å². The van der Waals surface area contributed by atoms with E-state index in [0.717, 1.165) is 4.90 Å². The van der Waals surface area contributed by atoms with Crippen LogP contribution in [0.5, 0.6) is 0 Å². The van der Waals surface area contributed by atoms with Gasteiger partial charge in [-0.25, -0.2) is 0 Å². The number of rotatable bonds is 1. The highest BCUT2D eigenvalue weighted by atomic mass is 32.2. The maximum atomic E-state index is 9.04. The molecule has 0 bridgehead atoms. The van der Waals surface area contributed by atoms with E-state index in [1.165, 1.54) is 44.1 Å². The first kappa shape index (κ1) is 14.9. The quantitative estimate of drug-likeness (QED) is 0.146. The molecule has 4 rings (SSSR count). The number of thiocyanates is 1. The van der Waals surface area contributed by atoms with Crippen molar-refractivity contribution in [3.8, 4) is 5.40 Å². The average molecular weight is 319 g/mol.